The van der Waals surface area contributed by atoms with E-state index in [2.05, 4.69) is 19.8 Å². The maximum atomic E-state index is 12.9. The molecule has 0 amide bonds. The number of fused-ring (bicyclic) bond motifs is 1. The van der Waals surface area contributed by atoms with Crippen molar-refractivity contribution in [2.45, 2.75) is 25.7 Å². The first-order valence-electron chi connectivity index (χ1n) is 11.0. The summed E-state index contributed by atoms with van der Waals surface area (Å²) >= 11 is 0. The van der Waals surface area contributed by atoms with Crippen molar-refractivity contribution in [3.05, 3.63) is 96.1 Å². The molecule has 5 rings (SSSR count). The second kappa shape index (κ2) is 8.84. The minimum Gasteiger partial charge on any atom is -0.439 e. The number of hydrogen-bond donors (Lipinski definition) is 1. The minimum absolute atomic E-state index is 0.199. The van der Waals surface area contributed by atoms with E-state index in [-0.39, 0.29) is 4.90 Å². The summed E-state index contributed by atoms with van der Waals surface area (Å²) in [5.74, 6) is 2.03. The summed E-state index contributed by atoms with van der Waals surface area (Å²) in [6.07, 6.45) is 0. The number of nitrogens with zero attached hydrogens (tertiary/aromatic N) is 4. The molecule has 3 aromatic carbocycles. The van der Waals surface area contributed by atoms with Crippen LogP contribution in [0.1, 0.15) is 17.2 Å². The van der Waals surface area contributed by atoms with E-state index < -0.39 is 10.0 Å². The lowest BCUT2D eigenvalue weighted by molar-refractivity contribution is 0.459. The largest absolute Gasteiger partial charge is 0.439 e. The molecule has 0 fully saturated rings. The molecule has 5 aromatic rings. The van der Waals surface area contributed by atoms with E-state index in [4.69, 9.17) is 4.74 Å². The Bertz CT molecular complexity index is 1640. The molecule has 0 bridgehead atoms. The van der Waals surface area contributed by atoms with Gasteiger partial charge < -0.3 is 4.74 Å². The van der Waals surface area contributed by atoms with E-state index >= 15 is 0 Å². The van der Waals surface area contributed by atoms with Gasteiger partial charge >= 0.3 is 0 Å². The molecule has 0 aliphatic rings. The van der Waals surface area contributed by atoms with Crippen molar-refractivity contribution in [3.8, 4) is 17.4 Å². The van der Waals surface area contributed by atoms with Gasteiger partial charge in [0, 0.05) is 17.4 Å². The molecule has 0 unspecified atom stereocenters. The summed E-state index contributed by atoms with van der Waals surface area (Å²) in [5, 5.41) is 6.30. The topological polar surface area (TPSA) is 99.0 Å². The highest BCUT2D eigenvalue weighted by Gasteiger charge is 2.15. The number of anilines is 1. The molecular formula is C26H23N5O3S. The molecule has 2 aromatic heterocycles. The van der Waals surface area contributed by atoms with Gasteiger partial charge in [0.2, 0.25) is 5.88 Å². The molecule has 0 aliphatic heterocycles. The van der Waals surface area contributed by atoms with Gasteiger partial charge in [-0.05, 0) is 74.0 Å². The number of ether oxygens (including phenoxy) is 1. The van der Waals surface area contributed by atoms with Crippen LogP contribution in [0.2, 0.25) is 0 Å². The van der Waals surface area contributed by atoms with Gasteiger partial charge in [-0.3, -0.25) is 4.72 Å². The SMILES string of the molecule is Cc1cc(C)n(-c2cc(Oc3ccc(NS(=O)(=O)c4ccc5ccccc5c4)cc3)nc(C)n2)n1. The maximum absolute atomic E-state index is 12.9. The number of hydrogen-bond acceptors (Lipinski definition) is 6. The Hall–Kier alpha value is -4.24. The van der Waals surface area contributed by atoms with Crippen molar-refractivity contribution in [1.82, 2.24) is 19.7 Å². The Morgan fingerprint density at radius 3 is 2.29 bits per heavy atom. The maximum Gasteiger partial charge on any atom is 0.261 e. The first-order valence-corrected chi connectivity index (χ1v) is 12.4. The highest BCUT2D eigenvalue weighted by Crippen LogP contribution is 2.26. The average Bonchev–Trinajstić information content (AvgIpc) is 3.17. The smallest absolute Gasteiger partial charge is 0.261 e. The van der Waals surface area contributed by atoms with Gasteiger partial charge in [-0.15, -0.1) is 0 Å². The van der Waals surface area contributed by atoms with Gasteiger partial charge in [0.25, 0.3) is 10.0 Å². The van der Waals surface area contributed by atoms with Gasteiger partial charge in [0.1, 0.15) is 11.6 Å². The van der Waals surface area contributed by atoms with Crippen LogP contribution in [0.3, 0.4) is 0 Å². The summed E-state index contributed by atoms with van der Waals surface area (Å²) < 4.78 is 36.1. The molecule has 8 nitrogen and oxygen atoms in total. The zero-order chi connectivity index (χ0) is 24.6. The Morgan fingerprint density at radius 1 is 0.829 bits per heavy atom. The molecule has 0 atom stereocenters. The fourth-order valence-electron chi connectivity index (χ4n) is 3.81. The third kappa shape index (κ3) is 4.85. The molecule has 0 aliphatic carbocycles. The predicted octanol–water partition coefficient (Wildman–Crippen LogP) is 5.33. The summed E-state index contributed by atoms with van der Waals surface area (Å²) in [6.45, 7) is 5.66. The Morgan fingerprint density at radius 2 is 1.57 bits per heavy atom. The van der Waals surface area contributed by atoms with E-state index in [1.807, 2.05) is 44.2 Å². The Kier molecular flexibility index (Phi) is 5.70. The fourth-order valence-corrected chi connectivity index (χ4v) is 4.90. The van der Waals surface area contributed by atoms with Gasteiger partial charge in [0.15, 0.2) is 5.82 Å². The quantitative estimate of drug-likeness (QED) is 0.349. The number of aryl methyl sites for hydroxylation is 3. The second-order valence-electron chi connectivity index (χ2n) is 8.19. The van der Waals surface area contributed by atoms with E-state index in [0.29, 0.717) is 29.0 Å². The Balaban J connectivity index is 1.34. The third-order valence-corrected chi connectivity index (χ3v) is 6.77. The van der Waals surface area contributed by atoms with E-state index in [1.54, 1.807) is 60.1 Å². The molecule has 176 valence electrons. The molecule has 0 spiro atoms. The van der Waals surface area contributed by atoms with Crippen molar-refractivity contribution in [2.75, 3.05) is 4.72 Å². The summed E-state index contributed by atoms with van der Waals surface area (Å²) in [5.41, 5.74) is 2.27. The highest BCUT2D eigenvalue weighted by atomic mass is 32.2. The number of aromatic nitrogens is 4. The van der Waals surface area contributed by atoms with Crippen molar-refractivity contribution in [1.29, 1.82) is 0 Å². The molecular weight excluding hydrogens is 462 g/mol. The first-order chi connectivity index (χ1) is 16.8. The molecule has 9 heteroatoms. The number of rotatable bonds is 6. The Labute approximate surface area is 203 Å². The number of benzene rings is 3. The van der Waals surface area contributed by atoms with Crippen LogP contribution in [-0.4, -0.2) is 28.2 Å². The van der Waals surface area contributed by atoms with Crippen LogP contribution in [-0.2, 0) is 10.0 Å². The minimum atomic E-state index is -3.74. The highest BCUT2D eigenvalue weighted by molar-refractivity contribution is 7.92. The van der Waals surface area contributed by atoms with Crippen LogP contribution in [0, 0.1) is 20.8 Å². The lowest BCUT2D eigenvalue weighted by Crippen LogP contribution is -2.12. The van der Waals surface area contributed by atoms with Gasteiger partial charge in [-0.2, -0.15) is 10.1 Å². The van der Waals surface area contributed by atoms with E-state index in [0.717, 1.165) is 22.2 Å². The molecule has 0 radical (unpaired) electrons. The third-order valence-electron chi connectivity index (χ3n) is 5.39. The summed E-state index contributed by atoms with van der Waals surface area (Å²) in [7, 11) is -3.74. The van der Waals surface area contributed by atoms with Crippen molar-refractivity contribution < 1.29 is 13.2 Å². The van der Waals surface area contributed by atoms with Crippen LogP contribution < -0.4 is 9.46 Å². The molecule has 1 N–H and O–H groups in total. The predicted molar refractivity (Wildman–Crippen MR) is 135 cm³/mol. The summed E-state index contributed by atoms with van der Waals surface area (Å²) in [4.78, 5) is 9.00. The monoisotopic (exact) mass is 485 g/mol. The first kappa shape index (κ1) is 22.5. The average molecular weight is 486 g/mol. The molecule has 2 heterocycles. The lowest BCUT2D eigenvalue weighted by atomic mass is 10.1. The zero-order valence-electron chi connectivity index (χ0n) is 19.4. The zero-order valence-corrected chi connectivity index (χ0v) is 20.2. The van der Waals surface area contributed by atoms with E-state index in [1.165, 1.54) is 0 Å². The molecule has 0 saturated heterocycles. The van der Waals surface area contributed by atoms with Crippen molar-refractivity contribution in [2.24, 2.45) is 0 Å². The second-order valence-corrected chi connectivity index (χ2v) is 9.87. The van der Waals surface area contributed by atoms with Crippen LogP contribution in [0.4, 0.5) is 5.69 Å². The number of nitrogens with one attached hydrogen (secondary N) is 1. The van der Waals surface area contributed by atoms with E-state index in [9.17, 15) is 8.42 Å². The fraction of sp³-hybridized carbons (Fsp3) is 0.115. The lowest BCUT2D eigenvalue weighted by Gasteiger charge is -2.11. The van der Waals surface area contributed by atoms with Gasteiger partial charge in [-0.1, -0.05) is 30.3 Å². The number of sulfonamides is 1. The standard InChI is InChI=1S/C26H23N5O3S/c1-17-14-18(2)31(29-17)25-16-26(28-19(3)27-25)34-23-11-9-22(10-12-23)30-35(32,33)24-13-8-20-6-4-5-7-21(20)15-24/h4-16,30H,1-3H3. The van der Waals surface area contributed by atoms with Crippen molar-refractivity contribution in [3.63, 3.8) is 0 Å². The van der Waals surface area contributed by atoms with Crippen LogP contribution in [0.25, 0.3) is 16.6 Å². The molecule has 35 heavy (non-hydrogen) atoms. The van der Waals surface area contributed by atoms with Crippen LogP contribution in [0.5, 0.6) is 11.6 Å². The van der Waals surface area contributed by atoms with Crippen molar-refractivity contribution >= 4 is 26.5 Å². The summed E-state index contributed by atoms with van der Waals surface area (Å²) in [6, 6.07) is 23.0. The van der Waals surface area contributed by atoms with Gasteiger partial charge in [0.05, 0.1) is 10.6 Å². The van der Waals surface area contributed by atoms with Gasteiger partial charge in [-0.25, -0.2) is 18.1 Å². The van der Waals surface area contributed by atoms with Crippen LogP contribution >= 0.6 is 0 Å². The normalized spacial score (nSPS) is 11.5. The van der Waals surface area contributed by atoms with Crippen LogP contribution in [0.15, 0.2) is 83.8 Å². The molecule has 0 saturated carbocycles.